The molecule has 3 N–H and O–H groups in total. The molecule has 0 saturated carbocycles. The summed E-state index contributed by atoms with van der Waals surface area (Å²) in [5.74, 6) is -0.375. The smallest absolute Gasteiger partial charge is 0.125 e. The standard InChI is InChI=1S/C9H12FNO/c1-2-9(12)7-4-3-6(10)5-8(7)11/h3-5,9,12H,2,11H2,1H3. The van der Waals surface area contributed by atoms with E-state index >= 15 is 0 Å². The van der Waals surface area contributed by atoms with Crippen molar-refractivity contribution in [1.29, 1.82) is 0 Å². The van der Waals surface area contributed by atoms with E-state index in [1.54, 1.807) is 0 Å². The maximum Gasteiger partial charge on any atom is 0.125 e. The summed E-state index contributed by atoms with van der Waals surface area (Å²) in [4.78, 5) is 0. The van der Waals surface area contributed by atoms with E-state index in [1.165, 1.54) is 18.2 Å². The Kier molecular flexibility index (Phi) is 2.65. The summed E-state index contributed by atoms with van der Waals surface area (Å²) in [6.45, 7) is 1.84. The number of nitrogen functional groups attached to an aromatic ring is 1. The first kappa shape index (κ1) is 9.00. The molecule has 0 amide bonds. The monoisotopic (exact) mass is 169 g/mol. The van der Waals surface area contributed by atoms with Crippen LogP contribution in [0.4, 0.5) is 10.1 Å². The molecule has 66 valence electrons. The Bertz CT molecular complexity index is 275. The Morgan fingerprint density at radius 1 is 1.58 bits per heavy atom. The second-order valence-electron chi connectivity index (χ2n) is 2.70. The van der Waals surface area contributed by atoms with Crippen LogP contribution in [0.15, 0.2) is 18.2 Å². The van der Waals surface area contributed by atoms with Crippen molar-refractivity contribution in [2.45, 2.75) is 19.4 Å². The summed E-state index contributed by atoms with van der Waals surface area (Å²) in [6.07, 6.45) is -0.0128. The predicted octanol–water partition coefficient (Wildman–Crippen LogP) is 1.85. The molecular weight excluding hydrogens is 157 g/mol. The lowest BCUT2D eigenvalue weighted by molar-refractivity contribution is 0.174. The first-order chi connectivity index (χ1) is 5.65. The number of aliphatic hydroxyl groups excluding tert-OH is 1. The fourth-order valence-electron chi connectivity index (χ4n) is 1.07. The van der Waals surface area contributed by atoms with Gasteiger partial charge in [0, 0.05) is 11.3 Å². The number of hydrogen-bond acceptors (Lipinski definition) is 2. The third kappa shape index (κ3) is 1.74. The number of anilines is 1. The Labute approximate surface area is 70.8 Å². The molecule has 0 spiro atoms. The van der Waals surface area contributed by atoms with Gasteiger partial charge in [-0.15, -0.1) is 0 Å². The maximum absolute atomic E-state index is 12.6. The van der Waals surface area contributed by atoms with Crippen molar-refractivity contribution in [3.8, 4) is 0 Å². The van der Waals surface area contributed by atoms with E-state index in [-0.39, 0.29) is 5.82 Å². The average molecular weight is 169 g/mol. The van der Waals surface area contributed by atoms with E-state index in [2.05, 4.69) is 0 Å². The van der Waals surface area contributed by atoms with Gasteiger partial charge in [-0.05, 0) is 18.6 Å². The molecule has 3 heteroatoms. The molecular formula is C9H12FNO. The van der Waals surface area contributed by atoms with Gasteiger partial charge in [0.2, 0.25) is 0 Å². The van der Waals surface area contributed by atoms with Gasteiger partial charge in [0.1, 0.15) is 5.82 Å². The van der Waals surface area contributed by atoms with Crippen LogP contribution in [0.2, 0.25) is 0 Å². The summed E-state index contributed by atoms with van der Waals surface area (Å²) in [5.41, 5.74) is 6.40. The molecule has 0 bridgehead atoms. The van der Waals surface area contributed by atoms with E-state index < -0.39 is 6.10 Å². The van der Waals surface area contributed by atoms with Gasteiger partial charge in [-0.3, -0.25) is 0 Å². The fourth-order valence-corrected chi connectivity index (χ4v) is 1.07. The van der Waals surface area contributed by atoms with E-state index in [4.69, 9.17) is 5.73 Å². The summed E-state index contributed by atoms with van der Waals surface area (Å²) >= 11 is 0. The SMILES string of the molecule is CCC(O)c1ccc(F)cc1N. The van der Waals surface area contributed by atoms with Crippen LogP contribution in [0.1, 0.15) is 25.0 Å². The van der Waals surface area contributed by atoms with Crippen LogP contribution in [0.3, 0.4) is 0 Å². The zero-order chi connectivity index (χ0) is 9.14. The normalized spacial score (nSPS) is 12.9. The van der Waals surface area contributed by atoms with Crippen LogP contribution in [0, 0.1) is 5.82 Å². The maximum atomic E-state index is 12.6. The third-order valence-corrected chi connectivity index (χ3v) is 1.79. The van der Waals surface area contributed by atoms with Gasteiger partial charge < -0.3 is 10.8 Å². The highest BCUT2D eigenvalue weighted by atomic mass is 19.1. The molecule has 1 unspecified atom stereocenters. The van der Waals surface area contributed by atoms with E-state index in [9.17, 15) is 9.50 Å². The molecule has 0 fully saturated rings. The van der Waals surface area contributed by atoms with Crippen LogP contribution in [-0.4, -0.2) is 5.11 Å². The van der Waals surface area contributed by atoms with Gasteiger partial charge >= 0.3 is 0 Å². The van der Waals surface area contributed by atoms with Gasteiger partial charge in [-0.2, -0.15) is 0 Å². The van der Waals surface area contributed by atoms with Crippen LogP contribution >= 0.6 is 0 Å². The molecule has 12 heavy (non-hydrogen) atoms. The zero-order valence-corrected chi connectivity index (χ0v) is 6.92. The number of aliphatic hydroxyl groups is 1. The van der Waals surface area contributed by atoms with E-state index in [1.807, 2.05) is 6.92 Å². The molecule has 1 aromatic rings. The highest BCUT2D eigenvalue weighted by molar-refractivity contribution is 5.47. The highest BCUT2D eigenvalue weighted by Crippen LogP contribution is 2.23. The summed E-state index contributed by atoms with van der Waals surface area (Å²) in [5, 5.41) is 9.40. The van der Waals surface area contributed by atoms with Gasteiger partial charge in [0.15, 0.2) is 0 Å². The molecule has 0 saturated heterocycles. The lowest BCUT2D eigenvalue weighted by Crippen LogP contribution is -2.01. The van der Waals surface area contributed by atoms with Crippen LogP contribution in [0.5, 0.6) is 0 Å². The largest absolute Gasteiger partial charge is 0.398 e. The Hall–Kier alpha value is -1.09. The first-order valence-electron chi connectivity index (χ1n) is 3.88. The number of nitrogens with two attached hydrogens (primary N) is 1. The molecule has 1 aromatic carbocycles. The average Bonchev–Trinajstić information content (AvgIpc) is 2.03. The number of benzene rings is 1. The van der Waals surface area contributed by atoms with Crippen molar-refractivity contribution in [3.05, 3.63) is 29.6 Å². The van der Waals surface area contributed by atoms with E-state index in [0.717, 1.165) is 0 Å². The Morgan fingerprint density at radius 3 is 2.75 bits per heavy atom. The molecule has 2 nitrogen and oxygen atoms in total. The minimum Gasteiger partial charge on any atom is -0.398 e. The Morgan fingerprint density at radius 2 is 2.25 bits per heavy atom. The molecule has 0 radical (unpaired) electrons. The van der Waals surface area contributed by atoms with Crippen molar-refractivity contribution in [1.82, 2.24) is 0 Å². The number of hydrogen-bond donors (Lipinski definition) is 2. The van der Waals surface area contributed by atoms with Crippen molar-refractivity contribution in [3.63, 3.8) is 0 Å². The fraction of sp³-hybridized carbons (Fsp3) is 0.333. The second-order valence-corrected chi connectivity index (χ2v) is 2.70. The minimum absolute atomic E-state index is 0.310. The quantitative estimate of drug-likeness (QED) is 0.664. The van der Waals surface area contributed by atoms with Crippen molar-refractivity contribution < 1.29 is 9.50 Å². The molecule has 0 aliphatic rings. The lowest BCUT2D eigenvalue weighted by Gasteiger charge is -2.10. The van der Waals surface area contributed by atoms with Crippen LogP contribution in [-0.2, 0) is 0 Å². The van der Waals surface area contributed by atoms with Gasteiger partial charge in [0.05, 0.1) is 6.10 Å². The molecule has 0 aromatic heterocycles. The van der Waals surface area contributed by atoms with Crippen LogP contribution in [0.25, 0.3) is 0 Å². The third-order valence-electron chi connectivity index (χ3n) is 1.79. The first-order valence-corrected chi connectivity index (χ1v) is 3.88. The van der Waals surface area contributed by atoms with E-state index in [0.29, 0.717) is 17.7 Å². The molecule has 1 atom stereocenters. The molecule has 0 aliphatic heterocycles. The molecule has 0 aliphatic carbocycles. The second kappa shape index (κ2) is 3.54. The van der Waals surface area contributed by atoms with Crippen molar-refractivity contribution in [2.75, 3.05) is 5.73 Å². The number of rotatable bonds is 2. The minimum atomic E-state index is -0.592. The van der Waals surface area contributed by atoms with Gasteiger partial charge in [-0.1, -0.05) is 13.0 Å². The molecule has 1 rings (SSSR count). The summed E-state index contributed by atoms with van der Waals surface area (Å²) < 4.78 is 12.6. The molecule has 0 heterocycles. The topological polar surface area (TPSA) is 46.2 Å². The van der Waals surface area contributed by atoms with Crippen LogP contribution < -0.4 is 5.73 Å². The van der Waals surface area contributed by atoms with Crippen molar-refractivity contribution in [2.24, 2.45) is 0 Å². The van der Waals surface area contributed by atoms with Crippen molar-refractivity contribution >= 4 is 5.69 Å². The predicted molar refractivity (Wildman–Crippen MR) is 46.1 cm³/mol. The highest BCUT2D eigenvalue weighted by Gasteiger charge is 2.08. The Balaban J connectivity index is 3.01. The zero-order valence-electron chi connectivity index (χ0n) is 6.92. The van der Waals surface area contributed by atoms with Gasteiger partial charge in [0.25, 0.3) is 0 Å². The number of halogens is 1. The lowest BCUT2D eigenvalue weighted by atomic mass is 10.1. The van der Waals surface area contributed by atoms with Gasteiger partial charge in [-0.25, -0.2) is 4.39 Å². The summed E-state index contributed by atoms with van der Waals surface area (Å²) in [7, 11) is 0. The summed E-state index contributed by atoms with van der Waals surface area (Å²) in [6, 6.07) is 4.03.